The van der Waals surface area contributed by atoms with Gasteiger partial charge in [0.25, 0.3) is 0 Å². The molecule has 6 heteroatoms. The largest absolute Gasteiger partial charge is 0.377 e. The van der Waals surface area contributed by atoms with Gasteiger partial charge in [-0.25, -0.2) is 15.8 Å². The summed E-state index contributed by atoms with van der Waals surface area (Å²) >= 11 is 0. The highest BCUT2D eigenvalue weighted by Gasteiger charge is 2.19. The number of hydrogen-bond donors (Lipinski definition) is 2. The van der Waals surface area contributed by atoms with Gasteiger partial charge in [0.15, 0.2) is 0 Å². The molecule has 106 valence electrons. The Morgan fingerprint density at radius 3 is 3.00 bits per heavy atom. The number of nitrogens with zero attached hydrogens (tertiary/aromatic N) is 3. The third-order valence-corrected chi connectivity index (χ3v) is 3.35. The van der Waals surface area contributed by atoms with E-state index in [4.69, 9.17) is 10.6 Å². The lowest BCUT2D eigenvalue weighted by Gasteiger charge is -2.23. The summed E-state index contributed by atoms with van der Waals surface area (Å²) in [6.07, 6.45) is 2.68. The Labute approximate surface area is 114 Å². The van der Waals surface area contributed by atoms with Crippen LogP contribution in [0.15, 0.2) is 6.07 Å². The van der Waals surface area contributed by atoms with Crippen molar-refractivity contribution < 1.29 is 4.74 Å². The molecule has 0 aromatic carbocycles. The van der Waals surface area contributed by atoms with Gasteiger partial charge >= 0.3 is 0 Å². The second kappa shape index (κ2) is 6.79. The van der Waals surface area contributed by atoms with Crippen LogP contribution in [0.5, 0.6) is 0 Å². The van der Waals surface area contributed by atoms with Crippen molar-refractivity contribution in [3.8, 4) is 0 Å². The van der Waals surface area contributed by atoms with Crippen molar-refractivity contribution >= 4 is 5.82 Å². The van der Waals surface area contributed by atoms with Gasteiger partial charge in [-0.3, -0.25) is 4.90 Å². The molecular weight excluding hydrogens is 242 g/mol. The quantitative estimate of drug-likeness (QED) is 0.592. The van der Waals surface area contributed by atoms with E-state index in [9.17, 15) is 0 Å². The highest BCUT2D eigenvalue weighted by atomic mass is 16.5. The lowest BCUT2D eigenvalue weighted by atomic mass is 10.2. The van der Waals surface area contributed by atoms with Crippen LogP contribution >= 0.6 is 0 Å². The molecule has 6 nitrogen and oxygen atoms in total. The minimum absolute atomic E-state index is 0.358. The maximum Gasteiger partial charge on any atom is 0.145 e. The zero-order valence-corrected chi connectivity index (χ0v) is 11.7. The first kappa shape index (κ1) is 14.2. The average molecular weight is 265 g/mol. The van der Waals surface area contributed by atoms with Gasteiger partial charge in [-0.15, -0.1) is 0 Å². The second-order valence-corrected chi connectivity index (χ2v) is 4.92. The maximum absolute atomic E-state index is 5.68. The molecule has 19 heavy (non-hydrogen) atoms. The summed E-state index contributed by atoms with van der Waals surface area (Å²) in [6.45, 7) is 7.62. The summed E-state index contributed by atoms with van der Waals surface area (Å²) in [5.41, 5.74) is 3.50. The number of nitrogen functional groups attached to an aromatic ring is 1. The molecule has 1 aliphatic heterocycles. The first-order valence-electron chi connectivity index (χ1n) is 6.86. The van der Waals surface area contributed by atoms with E-state index in [2.05, 4.69) is 27.2 Å². The van der Waals surface area contributed by atoms with E-state index in [1.54, 1.807) is 0 Å². The zero-order chi connectivity index (χ0) is 13.7. The molecule has 1 aliphatic rings. The number of nitrogens with two attached hydrogens (primary N) is 1. The molecule has 0 saturated carbocycles. The topological polar surface area (TPSA) is 76.3 Å². The summed E-state index contributed by atoms with van der Waals surface area (Å²) in [6, 6.07) is 1.83. The van der Waals surface area contributed by atoms with Gasteiger partial charge in [0.05, 0.1) is 12.6 Å². The van der Waals surface area contributed by atoms with E-state index in [1.165, 1.54) is 6.42 Å². The number of hydrazine groups is 1. The Hall–Kier alpha value is -1.24. The Kier molecular flexibility index (Phi) is 5.07. The Balaban J connectivity index is 1.98. The van der Waals surface area contributed by atoms with E-state index in [1.807, 2.05) is 13.0 Å². The van der Waals surface area contributed by atoms with E-state index in [0.717, 1.165) is 44.2 Å². The van der Waals surface area contributed by atoms with E-state index in [0.29, 0.717) is 11.9 Å². The number of anilines is 1. The molecule has 0 amide bonds. The van der Waals surface area contributed by atoms with Crippen LogP contribution in [0, 0.1) is 6.92 Å². The van der Waals surface area contributed by atoms with Crippen molar-refractivity contribution in [1.29, 1.82) is 0 Å². The summed E-state index contributed by atoms with van der Waals surface area (Å²) in [7, 11) is 0. The van der Waals surface area contributed by atoms with Gasteiger partial charge in [-0.1, -0.05) is 6.92 Å². The van der Waals surface area contributed by atoms with Crippen molar-refractivity contribution in [2.45, 2.75) is 39.3 Å². The third-order valence-electron chi connectivity index (χ3n) is 3.35. The highest BCUT2D eigenvalue weighted by molar-refractivity contribution is 5.33. The summed E-state index contributed by atoms with van der Waals surface area (Å²) in [5, 5.41) is 0. The fourth-order valence-corrected chi connectivity index (χ4v) is 2.36. The lowest BCUT2D eigenvalue weighted by Crippen LogP contribution is -2.32. The van der Waals surface area contributed by atoms with Crippen LogP contribution in [-0.4, -0.2) is 40.7 Å². The predicted molar refractivity (Wildman–Crippen MR) is 74.5 cm³/mol. The molecule has 0 bridgehead atoms. The summed E-state index contributed by atoms with van der Waals surface area (Å²) < 4.78 is 5.68. The second-order valence-electron chi connectivity index (χ2n) is 4.92. The molecule has 0 spiro atoms. The standard InChI is InChI=1S/C13H23N5O/c1-3-18(8-11-5-4-6-19-11)9-13-15-10(2)7-12(16-13)17-14/h7,11H,3-6,8-9,14H2,1-2H3,(H,15,16,17). The van der Waals surface area contributed by atoms with Gasteiger partial charge in [0.1, 0.15) is 11.6 Å². The number of aromatic nitrogens is 2. The van der Waals surface area contributed by atoms with Gasteiger partial charge < -0.3 is 10.2 Å². The number of rotatable bonds is 6. The molecule has 1 fully saturated rings. The number of ether oxygens (including phenoxy) is 1. The van der Waals surface area contributed by atoms with E-state index >= 15 is 0 Å². The number of hydrogen-bond acceptors (Lipinski definition) is 6. The van der Waals surface area contributed by atoms with Crippen LogP contribution in [0.4, 0.5) is 5.82 Å². The molecule has 1 saturated heterocycles. The molecule has 1 unspecified atom stereocenters. The minimum Gasteiger partial charge on any atom is -0.377 e. The van der Waals surface area contributed by atoms with E-state index < -0.39 is 0 Å². The fourth-order valence-electron chi connectivity index (χ4n) is 2.36. The molecule has 0 aliphatic carbocycles. The first-order chi connectivity index (χ1) is 9.21. The minimum atomic E-state index is 0.358. The number of aryl methyl sites for hydroxylation is 1. The molecule has 2 rings (SSSR count). The van der Waals surface area contributed by atoms with Crippen LogP contribution in [-0.2, 0) is 11.3 Å². The van der Waals surface area contributed by atoms with Crippen LogP contribution in [0.25, 0.3) is 0 Å². The van der Waals surface area contributed by atoms with Crippen LogP contribution in [0.1, 0.15) is 31.3 Å². The molecule has 1 atom stereocenters. The van der Waals surface area contributed by atoms with Crippen molar-refractivity contribution in [1.82, 2.24) is 14.9 Å². The molecule has 3 N–H and O–H groups in total. The molecule has 2 heterocycles. The molecule has 1 aromatic heterocycles. The third kappa shape index (κ3) is 4.12. The van der Waals surface area contributed by atoms with Gasteiger partial charge in [0, 0.05) is 24.9 Å². The molecular formula is C13H23N5O. The zero-order valence-electron chi connectivity index (χ0n) is 11.7. The summed E-state index contributed by atoms with van der Waals surface area (Å²) in [5.74, 6) is 6.87. The van der Waals surface area contributed by atoms with Crippen molar-refractivity contribution in [3.05, 3.63) is 17.6 Å². The SMILES string of the molecule is CCN(Cc1nc(C)cc(NN)n1)CC1CCCO1. The highest BCUT2D eigenvalue weighted by Crippen LogP contribution is 2.14. The lowest BCUT2D eigenvalue weighted by molar-refractivity contribution is 0.0716. The number of likely N-dealkylation sites (N-methyl/N-ethyl adjacent to an activating group) is 1. The monoisotopic (exact) mass is 265 g/mol. The average Bonchev–Trinajstić information content (AvgIpc) is 2.90. The molecule has 1 aromatic rings. The maximum atomic E-state index is 5.68. The number of nitrogens with one attached hydrogen (secondary N) is 1. The van der Waals surface area contributed by atoms with Gasteiger partial charge in [-0.05, 0) is 26.3 Å². The van der Waals surface area contributed by atoms with Crippen LogP contribution in [0.3, 0.4) is 0 Å². The Morgan fingerprint density at radius 1 is 1.53 bits per heavy atom. The smallest absolute Gasteiger partial charge is 0.145 e. The molecule has 0 radical (unpaired) electrons. The van der Waals surface area contributed by atoms with E-state index in [-0.39, 0.29) is 0 Å². The Bertz CT molecular complexity index is 406. The van der Waals surface area contributed by atoms with Crippen molar-refractivity contribution in [2.24, 2.45) is 5.84 Å². The van der Waals surface area contributed by atoms with Crippen LogP contribution < -0.4 is 11.3 Å². The van der Waals surface area contributed by atoms with Crippen molar-refractivity contribution in [3.63, 3.8) is 0 Å². The fraction of sp³-hybridized carbons (Fsp3) is 0.692. The van der Waals surface area contributed by atoms with Crippen LogP contribution in [0.2, 0.25) is 0 Å². The van der Waals surface area contributed by atoms with Gasteiger partial charge in [-0.2, -0.15) is 0 Å². The predicted octanol–water partition coefficient (Wildman–Crippen LogP) is 1.07. The normalized spacial score (nSPS) is 19.1. The Morgan fingerprint density at radius 2 is 2.37 bits per heavy atom. The van der Waals surface area contributed by atoms with Crippen molar-refractivity contribution in [2.75, 3.05) is 25.1 Å². The first-order valence-corrected chi connectivity index (χ1v) is 6.86. The summed E-state index contributed by atoms with van der Waals surface area (Å²) in [4.78, 5) is 11.2. The van der Waals surface area contributed by atoms with Gasteiger partial charge in [0.2, 0.25) is 0 Å².